The second-order valence-electron chi connectivity index (χ2n) is 18.1. The molecule has 1 aliphatic carbocycles. The normalized spacial score (nSPS) is 22.4. The first kappa shape index (κ1) is 42.4. The number of nitrogens with one attached hydrogen (secondary N) is 2. The van der Waals surface area contributed by atoms with E-state index in [1.165, 1.54) is 26.0 Å². The van der Waals surface area contributed by atoms with E-state index in [0.29, 0.717) is 54.0 Å². The lowest BCUT2D eigenvalue weighted by Crippen LogP contribution is -2.48. The third-order valence-corrected chi connectivity index (χ3v) is 13.2. The average molecular weight is 866 g/mol. The number of hydrogen-bond donors (Lipinski definition) is 2. The predicted octanol–water partition coefficient (Wildman–Crippen LogP) is 5.25. The predicted molar refractivity (Wildman–Crippen MR) is 231 cm³/mol. The lowest BCUT2D eigenvalue weighted by molar-refractivity contribution is -0.135. The number of fused-ring (bicyclic) bond motifs is 2. The summed E-state index contributed by atoms with van der Waals surface area (Å²) in [6.07, 6.45) is 8.62. The Morgan fingerprint density at radius 3 is 2.57 bits per heavy atom. The Labute approximate surface area is 362 Å². The Morgan fingerprint density at radius 1 is 1.03 bits per heavy atom. The number of aryl methyl sites for hydroxylation is 1. The number of carbonyl (C=O) groups is 3. The molecule has 3 saturated heterocycles. The van der Waals surface area contributed by atoms with Crippen LogP contribution in [0.25, 0.3) is 16.7 Å². The number of alkyl halides is 2. The van der Waals surface area contributed by atoms with Crippen molar-refractivity contribution >= 4 is 45.9 Å². The Hall–Kier alpha value is -5.93. The lowest BCUT2D eigenvalue weighted by atomic mass is 9.85. The van der Waals surface area contributed by atoms with E-state index in [0.717, 1.165) is 70.1 Å². The third kappa shape index (κ3) is 8.72. The van der Waals surface area contributed by atoms with E-state index < -0.39 is 30.0 Å². The van der Waals surface area contributed by atoms with Crippen LogP contribution in [0.3, 0.4) is 0 Å². The molecule has 16 nitrogen and oxygen atoms in total. The van der Waals surface area contributed by atoms with Crippen LogP contribution in [0, 0.1) is 23.7 Å². The van der Waals surface area contributed by atoms with Crippen molar-refractivity contribution in [3.05, 3.63) is 70.2 Å². The van der Waals surface area contributed by atoms with Crippen molar-refractivity contribution in [2.75, 3.05) is 49.5 Å². The van der Waals surface area contributed by atoms with Crippen molar-refractivity contribution in [3.8, 4) is 11.8 Å². The van der Waals surface area contributed by atoms with Gasteiger partial charge in [-0.2, -0.15) is 10.2 Å². The summed E-state index contributed by atoms with van der Waals surface area (Å²) < 4.78 is 40.6. The van der Waals surface area contributed by atoms with Gasteiger partial charge in [0.2, 0.25) is 11.8 Å². The number of carbonyl (C=O) groups excluding carboxylic acids is 3. The highest BCUT2D eigenvalue weighted by atomic mass is 19.3. The number of aromatic nitrogens is 7. The molecule has 1 saturated carbocycles. The molecule has 4 aliphatic rings. The van der Waals surface area contributed by atoms with Crippen molar-refractivity contribution in [3.63, 3.8) is 0 Å². The molecule has 4 fully saturated rings. The van der Waals surface area contributed by atoms with Gasteiger partial charge in [-0.3, -0.25) is 33.5 Å². The smallest absolute Gasteiger partial charge is 0.329 e. The quantitative estimate of drug-likeness (QED) is 0.148. The molecule has 7 heterocycles. The fourth-order valence-electron chi connectivity index (χ4n) is 9.84. The second-order valence-corrected chi connectivity index (χ2v) is 18.1. The molecule has 3 amide bonds. The van der Waals surface area contributed by atoms with Crippen LogP contribution in [0.2, 0.25) is 0 Å². The van der Waals surface area contributed by atoms with Gasteiger partial charge in [-0.15, -0.1) is 0 Å². The van der Waals surface area contributed by atoms with Crippen LogP contribution in [-0.2, 0) is 21.4 Å². The standard InChI is InChI=1S/C45H53F2N11O5/c1-45(2)27-55(22-23-63-45)36-18-21-56-41(50-36)32(24-48-56)42(60)49-33-26-57(52-38(33)40(46)47)31-12-10-29(11-13-31)25-54-19-16-28(17-20-54)6-4-7-30-8-5-9-34-39(30)53(3)44(62)58(34)35-14-15-37(59)51-43(35)61/h5,8-9,18,21,24,26,28-29,31,35,40H,6,10-17,19-20,22-23,25,27H2,1-3H3,(H,49,60)(H,51,59,61). The zero-order chi connectivity index (χ0) is 44.0. The van der Waals surface area contributed by atoms with Crippen molar-refractivity contribution in [1.29, 1.82) is 0 Å². The van der Waals surface area contributed by atoms with Crippen LogP contribution in [0.15, 0.2) is 47.7 Å². The Balaban J connectivity index is 0.770. The van der Waals surface area contributed by atoms with E-state index in [9.17, 15) is 28.0 Å². The maximum Gasteiger partial charge on any atom is 0.329 e. The number of anilines is 2. The van der Waals surface area contributed by atoms with Crippen molar-refractivity contribution in [2.24, 2.45) is 18.9 Å². The number of hydrogen-bond acceptors (Lipinski definition) is 10. The number of morpholine rings is 1. The number of nitrogens with zero attached hydrogens (tertiary/aromatic N) is 9. The highest BCUT2D eigenvalue weighted by molar-refractivity contribution is 6.08. The summed E-state index contributed by atoms with van der Waals surface area (Å²) in [4.78, 5) is 60.6. The minimum Gasteiger partial charge on any atom is -0.372 e. The van der Waals surface area contributed by atoms with Gasteiger partial charge in [-0.05, 0) is 102 Å². The van der Waals surface area contributed by atoms with Crippen LogP contribution < -0.4 is 21.2 Å². The topological polar surface area (TPSA) is 166 Å². The highest BCUT2D eigenvalue weighted by Crippen LogP contribution is 2.36. The Kier molecular flexibility index (Phi) is 11.7. The number of rotatable bonds is 9. The third-order valence-electron chi connectivity index (χ3n) is 13.2. The number of imidazole rings is 1. The van der Waals surface area contributed by atoms with E-state index in [-0.39, 0.29) is 47.3 Å². The number of benzene rings is 1. The van der Waals surface area contributed by atoms with Gasteiger partial charge in [0, 0.05) is 51.9 Å². The summed E-state index contributed by atoms with van der Waals surface area (Å²) in [5.74, 6) is 6.96. The van der Waals surface area contributed by atoms with Crippen LogP contribution >= 0.6 is 0 Å². The monoisotopic (exact) mass is 865 g/mol. The molecule has 1 atom stereocenters. The molecule has 4 aromatic heterocycles. The lowest BCUT2D eigenvalue weighted by Gasteiger charge is -2.38. The number of amides is 3. The molecule has 0 spiro atoms. The summed E-state index contributed by atoms with van der Waals surface area (Å²) in [6, 6.07) is 6.61. The number of para-hydroxylation sites is 1. The zero-order valence-corrected chi connectivity index (χ0v) is 35.9. The Bertz CT molecular complexity index is 2670. The van der Waals surface area contributed by atoms with Crippen molar-refractivity contribution in [2.45, 2.75) is 95.7 Å². The first-order valence-electron chi connectivity index (χ1n) is 22.0. The van der Waals surface area contributed by atoms with Crippen LogP contribution in [0.4, 0.5) is 20.3 Å². The van der Waals surface area contributed by atoms with Crippen molar-refractivity contribution < 1.29 is 27.9 Å². The number of halogens is 2. The van der Waals surface area contributed by atoms with Gasteiger partial charge in [0.15, 0.2) is 11.3 Å². The fraction of sp³-hybridized carbons (Fsp3) is 0.533. The van der Waals surface area contributed by atoms with Gasteiger partial charge in [0.1, 0.15) is 17.4 Å². The van der Waals surface area contributed by atoms with Gasteiger partial charge < -0.3 is 19.9 Å². The minimum absolute atomic E-state index is 0.0124. The van der Waals surface area contributed by atoms with Crippen LogP contribution in [0.5, 0.6) is 0 Å². The Morgan fingerprint density at radius 2 is 1.83 bits per heavy atom. The maximum atomic E-state index is 14.3. The minimum atomic E-state index is -2.87. The molecule has 3 aliphatic heterocycles. The largest absolute Gasteiger partial charge is 0.372 e. The SMILES string of the molecule is Cn1c(=O)n(C2CCC(=O)NC2=O)c2cccc(C#CCC3CCN(CC4CCC(n5cc(NC(=O)c6cnn7ccc(N8CCOC(C)(C)C8)nc67)c(C(F)F)n5)CC4)CC3)c21. The number of ether oxygens (including phenoxy) is 1. The second kappa shape index (κ2) is 17.3. The molecular weight excluding hydrogens is 813 g/mol. The average Bonchev–Trinajstić information content (AvgIpc) is 3.96. The first-order chi connectivity index (χ1) is 30.3. The van der Waals surface area contributed by atoms with Gasteiger partial charge in [-0.25, -0.2) is 23.1 Å². The number of likely N-dealkylation sites (tertiary alicyclic amines) is 1. The molecule has 5 aromatic rings. The summed E-state index contributed by atoms with van der Waals surface area (Å²) in [7, 11) is 1.69. The molecule has 18 heteroatoms. The maximum absolute atomic E-state index is 14.3. The molecule has 0 bridgehead atoms. The van der Waals surface area contributed by atoms with Gasteiger partial charge in [0.25, 0.3) is 12.3 Å². The van der Waals surface area contributed by atoms with E-state index in [2.05, 4.69) is 42.5 Å². The summed E-state index contributed by atoms with van der Waals surface area (Å²) in [6.45, 7) is 8.82. The highest BCUT2D eigenvalue weighted by Gasteiger charge is 2.33. The van der Waals surface area contributed by atoms with Gasteiger partial charge in [-0.1, -0.05) is 17.9 Å². The summed E-state index contributed by atoms with van der Waals surface area (Å²) in [5.41, 5.74) is 1.43. The molecule has 1 aromatic carbocycles. The van der Waals surface area contributed by atoms with Crippen molar-refractivity contribution in [1.82, 2.24) is 43.7 Å². The summed E-state index contributed by atoms with van der Waals surface area (Å²) in [5, 5.41) is 13.6. The van der Waals surface area contributed by atoms with Crippen LogP contribution in [0.1, 0.15) is 112 Å². The molecular formula is C45H53F2N11O5. The van der Waals surface area contributed by atoms with Gasteiger partial charge >= 0.3 is 5.69 Å². The van der Waals surface area contributed by atoms with E-state index in [1.54, 1.807) is 17.9 Å². The first-order valence-corrected chi connectivity index (χ1v) is 22.0. The zero-order valence-electron chi connectivity index (χ0n) is 35.9. The molecule has 63 heavy (non-hydrogen) atoms. The van der Waals surface area contributed by atoms with E-state index >= 15 is 0 Å². The van der Waals surface area contributed by atoms with Crippen LogP contribution in [-0.4, -0.2) is 101 Å². The number of piperidine rings is 2. The van der Waals surface area contributed by atoms with E-state index in [1.807, 2.05) is 38.1 Å². The molecule has 9 rings (SSSR count). The van der Waals surface area contributed by atoms with Gasteiger partial charge in [0.05, 0.1) is 46.7 Å². The number of imide groups is 1. The molecule has 2 N–H and O–H groups in total. The summed E-state index contributed by atoms with van der Waals surface area (Å²) >= 11 is 0. The molecule has 332 valence electrons. The molecule has 0 radical (unpaired) electrons. The fourth-order valence-corrected chi connectivity index (χ4v) is 9.84. The molecule has 1 unspecified atom stereocenters. The van der Waals surface area contributed by atoms with E-state index in [4.69, 9.17) is 9.72 Å².